The van der Waals surface area contributed by atoms with Crippen molar-refractivity contribution < 1.29 is 4.74 Å². The Morgan fingerprint density at radius 2 is 1.43 bits per heavy atom. The first-order chi connectivity index (χ1) is 9.45. The predicted molar refractivity (Wildman–Crippen MR) is 91.9 cm³/mol. The maximum Gasteiger partial charge on any atom is 0.119 e. The van der Waals surface area contributed by atoms with Crippen LogP contribution in [0.1, 0.15) is 60.5 Å². The van der Waals surface area contributed by atoms with Gasteiger partial charge in [0.1, 0.15) is 5.75 Å². The van der Waals surface area contributed by atoms with E-state index in [2.05, 4.69) is 72.7 Å². The zero-order valence-electron chi connectivity index (χ0n) is 14.9. The fourth-order valence-corrected chi connectivity index (χ4v) is 2.77. The number of hydrogen-bond acceptors (Lipinski definition) is 2. The molecule has 0 atom stereocenters. The van der Waals surface area contributed by atoms with E-state index < -0.39 is 0 Å². The van der Waals surface area contributed by atoms with Crippen LogP contribution in [0.3, 0.4) is 0 Å². The van der Waals surface area contributed by atoms with Crippen LogP contribution < -0.4 is 10.5 Å². The topological polar surface area (TPSA) is 35.2 Å². The fourth-order valence-electron chi connectivity index (χ4n) is 2.77. The molecule has 120 valence electrons. The molecule has 1 aromatic carbocycles. The molecule has 2 heteroatoms. The van der Waals surface area contributed by atoms with Gasteiger partial charge in [0, 0.05) is 12.0 Å². The quantitative estimate of drug-likeness (QED) is 0.820. The minimum Gasteiger partial charge on any atom is -0.493 e. The van der Waals surface area contributed by atoms with Crippen LogP contribution >= 0.6 is 0 Å². The van der Waals surface area contributed by atoms with Gasteiger partial charge < -0.3 is 10.5 Å². The van der Waals surface area contributed by atoms with Crippen LogP contribution in [0.2, 0.25) is 0 Å². The molecule has 0 bridgehead atoms. The van der Waals surface area contributed by atoms with E-state index in [1.165, 1.54) is 5.56 Å². The summed E-state index contributed by atoms with van der Waals surface area (Å²) in [5.74, 6) is 0.923. The SMILES string of the molecule is CC(C)(C)CC(C)(C)c1ccc(OCC(C)(C)CN)cc1. The van der Waals surface area contributed by atoms with Crippen molar-refractivity contribution in [2.75, 3.05) is 13.2 Å². The van der Waals surface area contributed by atoms with Gasteiger partial charge in [-0.15, -0.1) is 0 Å². The number of hydrogen-bond donors (Lipinski definition) is 1. The molecule has 0 amide bonds. The molecular weight excluding hydrogens is 258 g/mol. The van der Waals surface area contributed by atoms with Crippen LogP contribution in [0.25, 0.3) is 0 Å². The average Bonchev–Trinajstić information content (AvgIpc) is 2.34. The molecule has 2 nitrogen and oxygen atoms in total. The van der Waals surface area contributed by atoms with Crippen LogP contribution in [0, 0.1) is 10.8 Å². The van der Waals surface area contributed by atoms with Crippen molar-refractivity contribution in [1.82, 2.24) is 0 Å². The van der Waals surface area contributed by atoms with Gasteiger partial charge in [-0.3, -0.25) is 0 Å². The second-order valence-electron chi connectivity index (χ2n) is 8.80. The summed E-state index contributed by atoms with van der Waals surface area (Å²) in [6.07, 6.45) is 1.15. The molecule has 0 aromatic heterocycles. The van der Waals surface area contributed by atoms with Crippen LogP contribution in [-0.4, -0.2) is 13.2 Å². The highest BCUT2D eigenvalue weighted by Gasteiger charge is 2.27. The average molecular weight is 291 g/mol. The largest absolute Gasteiger partial charge is 0.493 e. The van der Waals surface area contributed by atoms with Gasteiger partial charge in [0.2, 0.25) is 0 Å². The van der Waals surface area contributed by atoms with Crippen LogP contribution in [0.5, 0.6) is 5.75 Å². The summed E-state index contributed by atoms with van der Waals surface area (Å²) in [5.41, 5.74) is 7.61. The summed E-state index contributed by atoms with van der Waals surface area (Å²) < 4.78 is 5.85. The molecule has 0 heterocycles. The molecule has 1 rings (SSSR count). The molecule has 21 heavy (non-hydrogen) atoms. The minimum absolute atomic E-state index is 0.0180. The molecule has 2 N–H and O–H groups in total. The minimum atomic E-state index is 0.0180. The Bertz CT molecular complexity index is 438. The maximum atomic E-state index is 5.85. The van der Waals surface area contributed by atoms with Gasteiger partial charge >= 0.3 is 0 Å². The highest BCUT2D eigenvalue weighted by Crippen LogP contribution is 2.36. The van der Waals surface area contributed by atoms with Crippen molar-refractivity contribution in [3.63, 3.8) is 0 Å². The normalized spacial score (nSPS) is 13.3. The zero-order valence-corrected chi connectivity index (χ0v) is 14.9. The van der Waals surface area contributed by atoms with Gasteiger partial charge in [-0.05, 0) is 34.9 Å². The maximum absolute atomic E-state index is 5.85. The molecule has 0 aliphatic carbocycles. The third-order valence-electron chi connectivity index (χ3n) is 3.79. The van der Waals surface area contributed by atoms with Crippen molar-refractivity contribution in [2.24, 2.45) is 16.6 Å². The standard InChI is InChI=1S/C19H33NO/c1-17(2,3)12-19(6,7)15-8-10-16(11-9-15)21-14-18(4,5)13-20/h8-11H,12-14,20H2,1-7H3. The molecule has 0 unspecified atom stereocenters. The second-order valence-corrected chi connectivity index (χ2v) is 8.80. The fraction of sp³-hybridized carbons (Fsp3) is 0.684. The van der Waals surface area contributed by atoms with Crippen molar-refractivity contribution >= 4 is 0 Å². The Morgan fingerprint density at radius 3 is 1.86 bits per heavy atom. The molecule has 0 radical (unpaired) electrons. The Kier molecular flexibility index (Phi) is 5.49. The first kappa shape index (κ1) is 18.0. The van der Waals surface area contributed by atoms with E-state index in [4.69, 9.17) is 10.5 Å². The first-order valence-corrected chi connectivity index (χ1v) is 7.89. The lowest BCUT2D eigenvalue weighted by Gasteiger charge is -2.33. The van der Waals surface area contributed by atoms with Crippen LogP contribution in [0.15, 0.2) is 24.3 Å². The number of nitrogens with two attached hydrogens (primary N) is 1. The lowest BCUT2D eigenvalue weighted by atomic mass is 9.72. The number of rotatable bonds is 6. The Labute approximate surface area is 131 Å². The predicted octanol–water partition coefficient (Wildman–Crippen LogP) is 4.76. The van der Waals surface area contributed by atoms with E-state index in [-0.39, 0.29) is 10.8 Å². The van der Waals surface area contributed by atoms with Gasteiger partial charge in [0.25, 0.3) is 0 Å². The Balaban J connectivity index is 2.74. The molecular formula is C19H33NO. The van der Waals surface area contributed by atoms with Crippen LogP contribution in [-0.2, 0) is 5.41 Å². The van der Waals surface area contributed by atoms with Gasteiger partial charge in [0.05, 0.1) is 6.61 Å². The van der Waals surface area contributed by atoms with Crippen molar-refractivity contribution in [2.45, 2.75) is 60.3 Å². The van der Waals surface area contributed by atoms with Crippen LogP contribution in [0.4, 0.5) is 0 Å². The molecule has 0 aliphatic rings. The summed E-state index contributed by atoms with van der Waals surface area (Å²) in [4.78, 5) is 0. The van der Waals surface area contributed by atoms with Crippen molar-refractivity contribution in [3.05, 3.63) is 29.8 Å². The van der Waals surface area contributed by atoms with E-state index in [0.29, 0.717) is 18.6 Å². The highest BCUT2D eigenvalue weighted by atomic mass is 16.5. The molecule has 0 spiro atoms. The zero-order chi connectivity index (χ0) is 16.3. The molecule has 0 aliphatic heterocycles. The Morgan fingerprint density at radius 1 is 0.905 bits per heavy atom. The first-order valence-electron chi connectivity index (χ1n) is 7.89. The number of ether oxygens (including phenoxy) is 1. The van der Waals surface area contributed by atoms with E-state index in [0.717, 1.165) is 12.2 Å². The van der Waals surface area contributed by atoms with Gasteiger partial charge in [-0.1, -0.05) is 60.6 Å². The van der Waals surface area contributed by atoms with Gasteiger partial charge in [-0.25, -0.2) is 0 Å². The van der Waals surface area contributed by atoms with E-state index >= 15 is 0 Å². The lowest BCUT2D eigenvalue weighted by molar-refractivity contribution is 0.187. The second kappa shape index (κ2) is 6.39. The van der Waals surface area contributed by atoms with E-state index in [1.807, 2.05) is 0 Å². The molecule has 0 fully saturated rings. The van der Waals surface area contributed by atoms with Crippen molar-refractivity contribution in [1.29, 1.82) is 0 Å². The summed E-state index contributed by atoms with van der Waals surface area (Å²) in [6.45, 7) is 17.0. The highest BCUT2D eigenvalue weighted by molar-refractivity contribution is 5.31. The van der Waals surface area contributed by atoms with E-state index in [9.17, 15) is 0 Å². The summed E-state index contributed by atoms with van der Waals surface area (Å²) in [6, 6.07) is 8.53. The lowest BCUT2D eigenvalue weighted by Crippen LogP contribution is -2.30. The molecule has 1 aromatic rings. The summed E-state index contributed by atoms with van der Waals surface area (Å²) in [5, 5.41) is 0. The molecule has 0 saturated carbocycles. The third-order valence-corrected chi connectivity index (χ3v) is 3.79. The van der Waals surface area contributed by atoms with Crippen molar-refractivity contribution in [3.8, 4) is 5.75 Å². The van der Waals surface area contributed by atoms with E-state index in [1.54, 1.807) is 0 Å². The monoisotopic (exact) mass is 291 g/mol. The van der Waals surface area contributed by atoms with Gasteiger partial charge in [-0.2, -0.15) is 0 Å². The third kappa shape index (κ3) is 6.09. The Hall–Kier alpha value is -1.02. The molecule has 0 saturated heterocycles. The smallest absolute Gasteiger partial charge is 0.119 e. The summed E-state index contributed by atoms with van der Waals surface area (Å²) in [7, 11) is 0. The number of benzene rings is 1. The summed E-state index contributed by atoms with van der Waals surface area (Å²) >= 11 is 0. The van der Waals surface area contributed by atoms with Gasteiger partial charge in [0.15, 0.2) is 0 Å².